The molecule has 0 radical (unpaired) electrons. The summed E-state index contributed by atoms with van der Waals surface area (Å²) in [6.45, 7) is 11.0. The average molecular weight is 420 g/mol. The first-order valence-corrected chi connectivity index (χ1v) is 10.8. The number of thioether (sulfide) groups is 1. The monoisotopic (exact) mass is 419 g/mol. The highest BCUT2D eigenvalue weighted by Gasteiger charge is 2.19. The van der Waals surface area contributed by atoms with E-state index in [-0.39, 0.29) is 11.7 Å². The van der Waals surface area contributed by atoms with Crippen LogP contribution < -0.4 is 10.2 Å². The van der Waals surface area contributed by atoms with Crippen LogP contribution in [0.15, 0.2) is 29.4 Å². The fourth-order valence-electron chi connectivity index (χ4n) is 3.26. The van der Waals surface area contributed by atoms with E-state index in [2.05, 4.69) is 32.0 Å². The number of aromatic nitrogens is 2. The zero-order chi connectivity index (χ0) is 20.1. The quantitative estimate of drug-likeness (QED) is 0.570. The number of benzene rings is 1. The molecule has 0 spiro atoms. The van der Waals surface area contributed by atoms with Gasteiger partial charge in [-0.15, -0.1) is 0 Å². The summed E-state index contributed by atoms with van der Waals surface area (Å²) in [5, 5.41) is 4.25. The van der Waals surface area contributed by atoms with Gasteiger partial charge in [-0.25, -0.2) is 9.97 Å². The zero-order valence-electron chi connectivity index (χ0n) is 16.5. The van der Waals surface area contributed by atoms with Gasteiger partial charge in [-0.05, 0) is 44.7 Å². The maximum Gasteiger partial charge on any atom is 0.234 e. The van der Waals surface area contributed by atoms with Crippen LogP contribution >= 0.6 is 23.4 Å². The third kappa shape index (κ3) is 5.59. The van der Waals surface area contributed by atoms with Gasteiger partial charge in [0.05, 0.1) is 17.1 Å². The Morgan fingerprint density at radius 1 is 1.14 bits per heavy atom. The number of nitrogens with one attached hydrogen (secondary N) is 1. The minimum Gasteiger partial charge on any atom is -0.367 e. The highest BCUT2D eigenvalue weighted by atomic mass is 35.5. The lowest BCUT2D eigenvalue weighted by atomic mass is 10.2. The van der Waals surface area contributed by atoms with Crippen molar-refractivity contribution in [3.8, 4) is 0 Å². The molecule has 2 aromatic rings. The van der Waals surface area contributed by atoms with Gasteiger partial charge in [-0.2, -0.15) is 0 Å². The van der Waals surface area contributed by atoms with Gasteiger partial charge < -0.3 is 15.1 Å². The summed E-state index contributed by atoms with van der Waals surface area (Å²) in [7, 11) is 0. The molecule has 1 aromatic carbocycles. The second kappa shape index (κ2) is 9.58. The van der Waals surface area contributed by atoms with Crippen LogP contribution in [0.4, 0.5) is 11.4 Å². The summed E-state index contributed by atoms with van der Waals surface area (Å²) in [6, 6.07) is 7.59. The Balaban J connectivity index is 1.66. The number of rotatable bonds is 6. The van der Waals surface area contributed by atoms with Gasteiger partial charge in [0.25, 0.3) is 0 Å². The first-order valence-electron chi connectivity index (χ1n) is 9.46. The van der Waals surface area contributed by atoms with Crippen molar-refractivity contribution < 1.29 is 4.79 Å². The molecule has 2 heterocycles. The van der Waals surface area contributed by atoms with Crippen LogP contribution in [0.2, 0.25) is 5.02 Å². The van der Waals surface area contributed by atoms with Gasteiger partial charge >= 0.3 is 0 Å². The normalized spacial score (nSPS) is 14.9. The number of carbonyl (C=O) groups is 1. The summed E-state index contributed by atoms with van der Waals surface area (Å²) in [4.78, 5) is 26.0. The van der Waals surface area contributed by atoms with Crippen LogP contribution in [-0.4, -0.2) is 59.3 Å². The van der Waals surface area contributed by atoms with Crippen LogP contribution in [0, 0.1) is 13.8 Å². The topological polar surface area (TPSA) is 61.4 Å². The molecule has 3 rings (SSSR count). The number of anilines is 2. The predicted molar refractivity (Wildman–Crippen MR) is 117 cm³/mol. The summed E-state index contributed by atoms with van der Waals surface area (Å²) < 4.78 is 0. The van der Waals surface area contributed by atoms with Crippen LogP contribution in [0.3, 0.4) is 0 Å². The van der Waals surface area contributed by atoms with Crippen molar-refractivity contribution in [1.82, 2.24) is 14.9 Å². The van der Waals surface area contributed by atoms with Crippen molar-refractivity contribution >= 4 is 40.6 Å². The van der Waals surface area contributed by atoms with E-state index in [0.29, 0.717) is 10.2 Å². The molecular formula is C20H26ClN5OS. The molecule has 0 unspecified atom stereocenters. The number of hydrogen-bond donors (Lipinski definition) is 1. The van der Waals surface area contributed by atoms with Crippen molar-refractivity contribution in [2.75, 3.05) is 48.7 Å². The number of piperazine rings is 1. The molecule has 1 amide bonds. The smallest absolute Gasteiger partial charge is 0.234 e. The van der Waals surface area contributed by atoms with E-state index in [4.69, 9.17) is 11.6 Å². The summed E-state index contributed by atoms with van der Waals surface area (Å²) in [5.41, 5.74) is 3.57. The van der Waals surface area contributed by atoms with Gasteiger partial charge in [0.15, 0.2) is 5.16 Å². The number of halogens is 1. The molecule has 0 atom stereocenters. The number of hydrogen-bond acceptors (Lipinski definition) is 6. The van der Waals surface area contributed by atoms with E-state index >= 15 is 0 Å². The molecule has 0 aliphatic carbocycles. The lowest BCUT2D eigenvalue weighted by molar-refractivity contribution is -0.113. The second-order valence-electron chi connectivity index (χ2n) is 6.85. The highest BCUT2D eigenvalue weighted by molar-refractivity contribution is 7.99. The second-order valence-corrected chi connectivity index (χ2v) is 8.23. The largest absolute Gasteiger partial charge is 0.367 e. The third-order valence-corrected chi connectivity index (χ3v) is 5.77. The van der Waals surface area contributed by atoms with E-state index in [1.807, 2.05) is 38.1 Å². The third-order valence-electron chi connectivity index (χ3n) is 4.69. The SMILES string of the molecule is CCN1CCN(c2ccc(Cl)cc2NC(=O)CSc2nc(C)cc(C)n2)CC1. The molecule has 0 bridgehead atoms. The van der Waals surface area contributed by atoms with Crippen molar-refractivity contribution in [3.63, 3.8) is 0 Å². The van der Waals surface area contributed by atoms with Crippen LogP contribution in [0.25, 0.3) is 0 Å². The van der Waals surface area contributed by atoms with E-state index in [9.17, 15) is 4.79 Å². The van der Waals surface area contributed by atoms with Crippen molar-refractivity contribution in [3.05, 3.63) is 40.7 Å². The fraction of sp³-hybridized carbons (Fsp3) is 0.450. The van der Waals surface area contributed by atoms with Crippen LogP contribution in [-0.2, 0) is 4.79 Å². The van der Waals surface area contributed by atoms with E-state index in [0.717, 1.165) is 55.5 Å². The van der Waals surface area contributed by atoms with E-state index in [1.165, 1.54) is 11.8 Å². The lowest BCUT2D eigenvalue weighted by Gasteiger charge is -2.36. The first-order chi connectivity index (χ1) is 13.4. The van der Waals surface area contributed by atoms with Crippen LogP contribution in [0.1, 0.15) is 18.3 Å². The average Bonchev–Trinajstić information content (AvgIpc) is 2.66. The van der Waals surface area contributed by atoms with Gasteiger partial charge in [-0.3, -0.25) is 4.79 Å². The Kier molecular flexibility index (Phi) is 7.15. The molecule has 1 fully saturated rings. The number of amides is 1. The maximum atomic E-state index is 12.5. The maximum absolute atomic E-state index is 12.5. The standard InChI is InChI=1S/C20H26ClN5OS/c1-4-25-7-9-26(10-8-25)18-6-5-16(21)12-17(18)24-19(27)13-28-20-22-14(2)11-15(3)23-20/h5-6,11-12H,4,7-10,13H2,1-3H3,(H,24,27). The molecule has 1 saturated heterocycles. The molecule has 6 nitrogen and oxygen atoms in total. The molecule has 1 aliphatic rings. The minimum atomic E-state index is -0.0940. The number of nitrogens with zero attached hydrogens (tertiary/aromatic N) is 4. The predicted octanol–water partition coefficient (Wildman–Crippen LogP) is 3.62. The van der Waals surface area contributed by atoms with Gasteiger partial charge in [0.1, 0.15) is 0 Å². The summed E-state index contributed by atoms with van der Waals surface area (Å²) in [6.07, 6.45) is 0. The molecule has 28 heavy (non-hydrogen) atoms. The van der Waals surface area contributed by atoms with Gasteiger partial charge in [0.2, 0.25) is 5.91 Å². The number of carbonyl (C=O) groups excluding carboxylic acids is 1. The molecule has 1 aliphatic heterocycles. The highest BCUT2D eigenvalue weighted by Crippen LogP contribution is 2.30. The Bertz CT molecular complexity index is 819. The molecule has 0 saturated carbocycles. The molecule has 1 N–H and O–H groups in total. The minimum absolute atomic E-state index is 0.0940. The van der Waals surface area contributed by atoms with E-state index in [1.54, 1.807) is 0 Å². The summed E-state index contributed by atoms with van der Waals surface area (Å²) in [5.74, 6) is 0.154. The number of aryl methyl sites for hydroxylation is 2. The zero-order valence-corrected chi connectivity index (χ0v) is 18.1. The van der Waals surface area contributed by atoms with Crippen molar-refractivity contribution in [2.24, 2.45) is 0 Å². The fourth-order valence-corrected chi connectivity index (χ4v) is 4.19. The lowest BCUT2D eigenvalue weighted by Crippen LogP contribution is -2.46. The molecule has 1 aromatic heterocycles. The molecule has 8 heteroatoms. The molecule has 150 valence electrons. The Labute approximate surface area is 175 Å². The number of likely N-dealkylation sites (N-methyl/N-ethyl adjacent to an activating group) is 1. The Morgan fingerprint density at radius 3 is 2.46 bits per heavy atom. The van der Waals surface area contributed by atoms with Gasteiger partial charge in [-0.1, -0.05) is 30.3 Å². The van der Waals surface area contributed by atoms with E-state index < -0.39 is 0 Å². The first kappa shape index (κ1) is 20.9. The molecular weight excluding hydrogens is 394 g/mol. The van der Waals surface area contributed by atoms with Crippen molar-refractivity contribution in [1.29, 1.82) is 0 Å². The van der Waals surface area contributed by atoms with Crippen LogP contribution in [0.5, 0.6) is 0 Å². The van der Waals surface area contributed by atoms with Crippen molar-refractivity contribution in [2.45, 2.75) is 25.9 Å². The Morgan fingerprint density at radius 2 is 1.82 bits per heavy atom. The van der Waals surface area contributed by atoms with Gasteiger partial charge in [0, 0.05) is 42.6 Å². The Hall–Kier alpha value is -1.83. The summed E-state index contributed by atoms with van der Waals surface area (Å²) >= 11 is 7.53.